The molecule has 1 fully saturated rings. The van der Waals surface area contributed by atoms with Crippen molar-refractivity contribution < 1.29 is 26.9 Å². The molecular formula is C18H17F2N3O5S. The molecule has 8 nitrogen and oxygen atoms in total. The zero-order valence-electron chi connectivity index (χ0n) is 15.3. The van der Waals surface area contributed by atoms with Crippen molar-refractivity contribution in [1.29, 1.82) is 0 Å². The quantitative estimate of drug-likeness (QED) is 0.553. The number of carbonyl (C=O) groups is 1. The maximum absolute atomic E-state index is 14.0. The van der Waals surface area contributed by atoms with Crippen LogP contribution >= 0.6 is 0 Å². The highest BCUT2D eigenvalue weighted by Gasteiger charge is 2.32. The average molecular weight is 425 g/mol. The van der Waals surface area contributed by atoms with Crippen LogP contribution in [0.5, 0.6) is 0 Å². The second-order valence-corrected chi connectivity index (χ2v) is 8.39. The van der Waals surface area contributed by atoms with E-state index in [0.717, 1.165) is 28.6 Å². The van der Waals surface area contributed by atoms with Gasteiger partial charge >= 0.3 is 0 Å². The minimum atomic E-state index is -4.07. The summed E-state index contributed by atoms with van der Waals surface area (Å²) in [5.74, 6) is -2.38. The summed E-state index contributed by atoms with van der Waals surface area (Å²) in [6, 6.07) is 6.93. The van der Waals surface area contributed by atoms with Gasteiger partial charge in [-0.2, -0.15) is 4.31 Å². The lowest BCUT2D eigenvalue weighted by atomic mass is 10.1. The summed E-state index contributed by atoms with van der Waals surface area (Å²) in [4.78, 5) is 23.7. The molecule has 0 aliphatic carbocycles. The molecule has 2 aromatic carbocycles. The number of nitro benzene ring substituents is 1. The van der Waals surface area contributed by atoms with Crippen LogP contribution < -0.4 is 0 Å². The van der Waals surface area contributed by atoms with Crippen LogP contribution in [0.15, 0.2) is 41.3 Å². The van der Waals surface area contributed by atoms with E-state index in [-0.39, 0.29) is 37.3 Å². The van der Waals surface area contributed by atoms with Gasteiger partial charge in [0.1, 0.15) is 16.5 Å². The standard InChI is InChI=1S/C18H17F2N3O5S/c1-12-15(20)10-13(11-16(12)23(25)26)18(24)21-6-8-22(9-7-21)29(27,28)17-5-3-2-4-14(17)19/h2-5,10-11H,6-9H2,1H3. The number of amides is 1. The number of nitrogens with zero attached hydrogens (tertiary/aromatic N) is 3. The number of piperazine rings is 1. The number of sulfonamides is 1. The number of hydrogen-bond donors (Lipinski definition) is 0. The minimum absolute atomic E-state index is 0.0180. The Morgan fingerprint density at radius 2 is 1.69 bits per heavy atom. The summed E-state index contributed by atoms with van der Waals surface area (Å²) >= 11 is 0. The van der Waals surface area contributed by atoms with E-state index < -0.39 is 43.1 Å². The van der Waals surface area contributed by atoms with Crippen LogP contribution in [-0.4, -0.2) is 54.6 Å². The van der Waals surface area contributed by atoms with E-state index in [9.17, 15) is 32.1 Å². The molecule has 3 rings (SSSR count). The molecule has 11 heteroatoms. The number of rotatable bonds is 4. The van der Waals surface area contributed by atoms with Crippen molar-refractivity contribution in [2.24, 2.45) is 0 Å². The van der Waals surface area contributed by atoms with Crippen LogP contribution in [0, 0.1) is 28.7 Å². The van der Waals surface area contributed by atoms with Crippen LogP contribution in [0.1, 0.15) is 15.9 Å². The van der Waals surface area contributed by atoms with Crippen molar-refractivity contribution in [1.82, 2.24) is 9.21 Å². The molecule has 1 amide bonds. The first-order valence-corrected chi connectivity index (χ1v) is 10.1. The number of carbonyl (C=O) groups excluding carboxylic acids is 1. The van der Waals surface area contributed by atoms with E-state index in [1.54, 1.807) is 0 Å². The van der Waals surface area contributed by atoms with Crippen LogP contribution in [0.2, 0.25) is 0 Å². The summed E-state index contributed by atoms with van der Waals surface area (Å²) in [5, 5.41) is 11.1. The Labute approximate surface area is 165 Å². The Hall–Kier alpha value is -2.92. The van der Waals surface area contributed by atoms with Gasteiger partial charge in [-0.1, -0.05) is 12.1 Å². The topological polar surface area (TPSA) is 101 Å². The Morgan fingerprint density at radius 1 is 1.07 bits per heavy atom. The highest BCUT2D eigenvalue weighted by molar-refractivity contribution is 7.89. The Bertz CT molecular complexity index is 1080. The van der Waals surface area contributed by atoms with E-state index in [0.29, 0.717) is 0 Å². The molecule has 1 aliphatic rings. The predicted octanol–water partition coefficient (Wildman–Crippen LogP) is 2.33. The first-order chi connectivity index (χ1) is 13.6. The first kappa shape index (κ1) is 20.8. The Morgan fingerprint density at radius 3 is 2.28 bits per heavy atom. The molecular weight excluding hydrogens is 408 g/mol. The van der Waals surface area contributed by atoms with Crippen LogP contribution in [0.3, 0.4) is 0 Å². The van der Waals surface area contributed by atoms with Crippen molar-refractivity contribution in [3.8, 4) is 0 Å². The largest absolute Gasteiger partial charge is 0.336 e. The van der Waals surface area contributed by atoms with Gasteiger partial charge in [0, 0.05) is 37.8 Å². The molecule has 2 aromatic rings. The third-order valence-corrected chi connectivity index (χ3v) is 6.67. The van der Waals surface area contributed by atoms with Gasteiger partial charge in [-0.05, 0) is 25.1 Å². The molecule has 0 spiro atoms. The highest BCUT2D eigenvalue weighted by atomic mass is 32.2. The van der Waals surface area contributed by atoms with Gasteiger partial charge in [0.15, 0.2) is 0 Å². The van der Waals surface area contributed by atoms with E-state index in [1.165, 1.54) is 24.0 Å². The molecule has 0 atom stereocenters. The number of benzene rings is 2. The van der Waals surface area contributed by atoms with Gasteiger partial charge in [-0.25, -0.2) is 17.2 Å². The zero-order valence-corrected chi connectivity index (χ0v) is 16.2. The van der Waals surface area contributed by atoms with Crippen LogP contribution in [0.4, 0.5) is 14.5 Å². The van der Waals surface area contributed by atoms with Gasteiger partial charge in [0.2, 0.25) is 10.0 Å². The number of nitro groups is 1. The lowest BCUT2D eigenvalue weighted by molar-refractivity contribution is -0.385. The van der Waals surface area contributed by atoms with Crippen molar-refractivity contribution in [2.75, 3.05) is 26.2 Å². The summed E-state index contributed by atoms with van der Waals surface area (Å²) in [6.45, 7) is 1.04. The maximum atomic E-state index is 14.0. The fourth-order valence-corrected chi connectivity index (χ4v) is 4.57. The molecule has 0 N–H and O–H groups in total. The van der Waals surface area contributed by atoms with Gasteiger partial charge in [-0.15, -0.1) is 0 Å². The third-order valence-electron chi connectivity index (χ3n) is 4.74. The minimum Gasteiger partial charge on any atom is -0.336 e. The fraction of sp³-hybridized carbons (Fsp3) is 0.278. The molecule has 0 radical (unpaired) electrons. The number of halogens is 2. The van der Waals surface area contributed by atoms with E-state index >= 15 is 0 Å². The van der Waals surface area contributed by atoms with Crippen molar-refractivity contribution >= 4 is 21.6 Å². The molecule has 0 saturated carbocycles. The fourth-order valence-electron chi connectivity index (χ4n) is 3.08. The highest BCUT2D eigenvalue weighted by Crippen LogP contribution is 2.25. The molecule has 29 heavy (non-hydrogen) atoms. The van der Waals surface area contributed by atoms with Crippen molar-refractivity contribution in [2.45, 2.75) is 11.8 Å². The maximum Gasteiger partial charge on any atom is 0.276 e. The van der Waals surface area contributed by atoms with Crippen LogP contribution in [0.25, 0.3) is 0 Å². The number of hydrogen-bond acceptors (Lipinski definition) is 5. The second kappa shape index (κ2) is 7.84. The lowest BCUT2D eigenvalue weighted by Crippen LogP contribution is -2.50. The van der Waals surface area contributed by atoms with Gasteiger partial charge in [0.05, 0.1) is 10.5 Å². The first-order valence-electron chi connectivity index (χ1n) is 8.61. The monoisotopic (exact) mass is 425 g/mol. The van der Waals surface area contributed by atoms with Crippen LogP contribution in [-0.2, 0) is 10.0 Å². The molecule has 0 aromatic heterocycles. The van der Waals surface area contributed by atoms with E-state index in [2.05, 4.69) is 0 Å². The second-order valence-electron chi connectivity index (χ2n) is 6.49. The smallest absolute Gasteiger partial charge is 0.276 e. The average Bonchev–Trinajstić information content (AvgIpc) is 2.69. The molecule has 0 unspecified atom stereocenters. The van der Waals surface area contributed by atoms with Crippen molar-refractivity contribution in [3.05, 3.63) is 69.3 Å². The van der Waals surface area contributed by atoms with Gasteiger partial charge < -0.3 is 4.90 Å². The lowest BCUT2D eigenvalue weighted by Gasteiger charge is -2.34. The summed E-state index contributed by atoms with van der Waals surface area (Å²) in [5.41, 5.74) is -0.869. The Balaban J connectivity index is 1.77. The summed E-state index contributed by atoms with van der Waals surface area (Å²) in [7, 11) is -4.07. The predicted molar refractivity (Wildman–Crippen MR) is 98.9 cm³/mol. The Kier molecular flexibility index (Phi) is 5.62. The SMILES string of the molecule is Cc1c(F)cc(C(=O)N2CCN(S(=O)(=O)c3ccccc3F)CC2)cc1[N+](=O)[O-]. The van der Waals surface area contributed by atoms with Gasteiger partial charge in [-0.3, -0.25) is 14.9 Å². The van der Waals surface area contributed by atoms with E-state index in [1.807, 2.05) is 0 Å². The summed E-state index contributed by atoms with van der Waals surface area (Å²) in [6.07, 6.45) is 0. The van der Waals surface area contributed by atoms with Gasteiger partial charge in [0.25, 0.3) is 11.6 Å². The molecule has 154 valence electrons. The molecule has 1 saturated heterocycles. The van der Waals surface area contributed by atoms with E-state index in [4.69, 9.17) is 0 Å². The summed E-state index contributed by atoms with van der Waals surface area (Å²) < 4.78 is 54.1. The third kappa shape index (κ3) is 3.96. The van der Waals surface area contributed by atoms with Crippen molar-refractivity contribution in [3.63, 3.8) is 0 Å². The molecule has 1 aliphatic heterocycles. The zero-order chi connectivity index (χ0) is 21.3. The normalized spacial score (nSPS) is 15.3. The molecule has 0 bridgehead atoms. The molecule has 1 heterocycles.